The Morgan fingerprint density at radius 1 is 1.08 bits per heavy atom. The SMILES string of the molecule is CC(C)NCc1cc(F)c(C2CC3C(CN2)NNC3NC(=O)c2cccc(N3CCN(C)CC3)c2F)c(F)c1. The number of rotatable bonds is 7. The highest BCUT2D eigenvalue weighted by Crippen LogP contribution is 2.34. The van der Waals surface area contributed by atoms with Crippen molar-refractivity contribution in [1.29, 1.82) is 0 Å². The van der Waals surface area contributed by atoms with Crippen LogP contribution in [0.15, 0.2) is 30.3 Å². The number of anilines is 1. The second kappa shape index (κ2) is 11.8. The first kappa shape index (κ1) is 27.9. The number of hydrogen-bond acceptors (Lipinski definition) is 7. The first-order valence-electron chi connectivity index (χ1n) is 13.7. The van der Waals surface area contributed by atoms with E-state index in [1.54, 1.807) is 12.1 Å². The van der Waals surface area contributed by atoms with Crippen LogP contribution in [0.1, 0.15) is 47.8 Å². The maximum atomic E-state index is 15.5. The Morgan fingerprint density at radius 2 is 1.79 bits per heavy atom. The molecule has 5 N–H and O–H groups in total. The van der Waals surface area contributed by atoms with Crippen molar-refractivity contribution in [3.63, 3.8) is 0 Å². The van der Waals surface area contributed by atoms with E-state index in [1.807, 2.05) is 25.8 Å². The van der Waals surface area contributed by atoms with Crippen LogP contribution >= 0.6 is 0 Å². The highest BCUT2D eigenvalue weighted by molar-refractivity contribution is 5.95. The number of likely N-dealkylation sites (N-methyl/N-ethyl adjacent to an activating group) is 1. The molecule has 0 aliphatic carbocycles. The van der Waals surface area contributed by atoms with Crippen LogP contribution in [0.2, 0.25) is 0 Å². The molecule has 0 radical (unpaired) electrons. The van der Waals surface area contributed by atoms with Crippen molar-refractivity contribution in [3.8, 4) is 0 Å². The summed E-state index contributed by atoms with van der Waals surface area (Å²) in [6.07, 6.45) is -0.143. The first-order valence-corrected chi connectivity index (χ1v) is 13.7. The van der Waals surface area contributed by atoms with Gasteiger partial charge in [-0.3, -0.25) is 10.2 Å². The number of piperazine rings is 1. The second-order valence-corrected chi connectivity index (χ2v) is 11.1. The Morgan fingerprint density at radius 3 is 2.49 bits per heavy atom. The fourth-order valence-electron chi connectivity index (χ4n) is 5.73. The van der Waals surface area contributed by atoms with Gasteiger partial charge in [-0.05, 0) is 43.3 Å². The molecule has 1 amide bonds. The number of fused-ring (bicyclic) bond motifs is 1. The van der Waals surface area contributed by atoms with Gasteiger partial charge in [0.1, 0.15) is 11.6 Å². The molecule has 0 saturated carbocycles. The van der Waals surface area contributed by atoms with Crippen LogP contribution in [-0.4, -0.2) is 68.8 Å². The first-order chi connectivity index (χ1) is 18.7. The summed E-state index contributed by atoms with van der Waals surface area (Å²) in [5.74, 6) is -2.41. The predicted molar refractivity (Wildman–Crippen MR) is 145 cm³/mol. The number of hydrazine groups is 1. The lowest BCUT2D eigenvalue weighted by atomic mass is 9.84. The Balaban J connectivity index is 1.28. The van der Waals surface area contributed by atoms with Crippen LogP contribution in [0.5, 0.6) is 0 Å². The van der Waals surface area contributed by atoms with Gasteiger partial charge in [0.15, 0.2) is 5.82 Å². The van der Waals surface area contributed by atoms with Crippen molar-refractivity contribution in [1.82, 2.24) is 31.7 Å². The van der Waals surface area contributed by atoms with Gasteiger partial charge in [0.25, 0.3) is 5.91 Å². The number of carbonyl (C=O) groups is 1. The van der Waals surface area contributed by atoms with E-state index in [9.17, 15) is 4.79 Å². The number of piperidine rings is 1. The summed E-state index contributed by atoms with van der Waals surface area (Å²) in [4.78, 5) is 17.3. The van der Waals surface area contributed by atoms with Crippen molar-refractivity contribution >= 4 is 11.6 Å². The minimum absolute atomic E-state index is 0.00430. The summed E-state index contributed by atoms with van der Waals surface area (Å²) in [7, 11) is 2.03. The number of hydrogen-bond donors (Lipinski definition) is 5. The van der Waals surface area contributed by atoms with Crippen molar-refractivity contribution in [2.75, 3.05) is 44.7 Å². The molecule has 3 aliphatic heterocycles. The van der Waals surface area contributed by atoms with E-state index in [1.165, 1.54) is 18.2 Å². The van der Waals surface area contributed by atoms with Crippen molar-refractivity contribution in [3.05, 3.63) is 64.5 Å². The predicted octanol–water partition coefficient (Wildman–Crippen LogP) is 2.24. The van der Waals surface area contributed by atoms with Crippen LogP contribution in [0.4, 0.5) is 18.9 Å². The second-order valence-electron chi connectivity index (χ2n) is 11.1. The van der Waals surface area contributed by atoms with Crippen molar-refractivity contribution < 1.29 is 18.0 Å². The molecule has 0 aromatic heterocycles. The molecule has 0 bridgehead atoms. The fourth-order valence-corrected chi connectivity index (χ4v) is 5.73. The Bertz CT molecular complexity index is 1160. The van der Waals surface area contributed by atoms with Gasteiger partial charge in [0.05, 0.1) is 17.4 Å². The largest absolute Gasteiger partial charge is 0.367 e. The molecule has 3 saturated heterocycles. The lowest BCUT2D eigenvalue weighted by molar-refractivity contribution is 0.0909. The third kappa shape index (κ3) is 6.07. The number of benzene rings is 2. The average molecular weight is 546 g/mol. The summed E-state index contributed by atoms with van der Waals surface area (Å²) < 4.78 is 45.7. The van der Waals surface area contributed by atoms with Crippen molar-refractivity contribution in [2.45, 2.75) is 51.1 Å². The van der Waals surface area contributed by atoms with Crippen LogP contribution in [-0.2, 0) is 6.54 Å². The summed E-state index contributed by atoms with van der Waals surface area (Å²) in [5.41, 5.74) is 7.19. The number of halogens is 3. The minimum Gasteiger partial charge on any atom is -0.367 e. The molecule has 3 heterocycles. The van der Waals surface area contributed by atoms with E-state index in [4.69, 9.17) is 0 Å². The normalized spacial score (nSPS) is 25.7. The van der Waals surface area contributed by atoms with Gasteiger partial charge in [-0.1, -0.05) is 19.9 Å². The molecule has 4 unspecified atom stereocenters. The maximum absolute atomic E-state index is 15.5. The monoisotopic (exact) mass is 545 g/mol. The van der Waals surface area contributed by atoms with Gasteiger partial charge in [-0.25, -0.2) is 18.6 Å². The molecule has 39 heavy (non-hydrogen) atoms. The van der Waals surface area contributed by atoms with Gasteiger partial charge in [-0.15, -0.1) is 0 Å². The molecule has 5 rings (SSSR count). The standard InChI is InChI=1S/C28H38F3N7O/c1-16(2)32-14-17-11-20(29)25(21(30)12-17)22-13-19-23(15-33-22)35-36-27(19)34-28(39)18-5-4-6-24(26(18)31)38-9-7-37(3)8-10-38/h4-6,11-12,16,19,22-23,27,32-33,35-36H,7-10,13-15H2,1-3H3,(H,34,39). The molecule has 11 heteroatoms. The molecular formula is C28H38F3N7O. The highest BCUT2D eigenvalue weighted by Gasteiger charge is 2.42. The molecule has 0 spiro atoms. The maximum Gasteiger partial charge on any atom is 0.255 e. The highest BCUT2D eigenvalue weighted by atomic mass is 19.1. The Labute approximate surface area is 227 Å². The summed E-state index contributed by atoms with van der Waals surface area (Å²) >= 11 is 0. The van der Waals surface area contributed by atoms with Crippen LogP contribution in [0, 0.1) is 23.4 Å². The molecule has 3 aliphatic rings. The van der Waals surface area contributed by atoms with Crippen molar-refractivity contribution in [2.24, 2.45) is 5.92 Å². The number of carbonyl (C=O) groups excluding carboxylic acids is 1. The van der Waals surface area contributed by atoms with Crippen LogP contribution < -0.4 is 31.7 Å². The molecular weight excluding hydrogens is 507 g/mol. The number of amides is 1. The average Bonchev–Trinajstić information content (AvgIpc) is 3.29. The van der Waals surface area contributed by atoms with Gasteiger partial charge < -0.3 is 25.8 Å². The van der Waals surface area contributed by atoms with E-state index in [0.717, 1.165) is 13.1 Å². The van der Waals surface area contributed by atoms with Crippen LogP contribution in [0.25, 0.3) is 0 Å². The van der Waals surface area contributed by atoms with Gasteiger partial charge >= 0.3 is 0 Å². The summed E-state index contributed by atoms with van der Waals surface area (Å²) in [6.45, 7) is 7.80. The summed E-state index contributed by atoms with van der Waals surface area (Å²) in [5, 5.41) is 9.32. The molecule has 4 atom stereocenters. The van der Waals surface area contributed by atoms with Gasteiger partial charge in [0, 0.05) is 68.9 Å². The molecule has 8 nitrogen and oxygen atoms in total. The zero-order valence-electron chi connectivity index (χ0n) is 22.7. The zero-order chi connectivity index (χ0) is 27.7. The molecule has 212 valence electrons. The van der Waals surface area contributed by atoms with E-state index in [2.05, 4.69) is 31.7 Å². The van der Waals surface area contributed by atoms with E-state index < -0.39 is 35.6 Å². The zero-order valence-corrected chi connectivity index (χ0v) is 22.7. The fraction of sp³-hybridized carbons (Fsp3) is 0.536. The molecule has 2 aromatic rings. The Kier molecular flexibility index (Phi) is 8.43. The topological polar surface area (TPSA) is 83.7 Å². The Hall–Kier alpha value is -2.70. The minimum atomic E-state index is -0.589. The van der Waals surface area contributed by atoms with Gasteiger partial charge in [-0.2, -0.15) is 0 Å². The lowest BCUT2D eigenvalue weighted by Gasteiger charge is -2.35. The lowest BCUT2D eigenvalue weighted by Crippen LogP contribution is -2.50. The smallest absolute Gasteiger partial charge is 0.255 e. The van der Waals surface area contributed by atoms with Gasteiger partial charge in [0.2, 0.25) is 0 Å². The van der Waals surface area contributed by atoms with E-state index in [0.29, 0.717) is 43.9 Å². The third-order valence-electron chi connectivity index (χ3n) is 8.02. The third-order valence-corrected chi connectivity index (χ3v) is 8.02. The number of nitrogens with one attached hydrogen (secondary N) is 5. The van der Waals surface area contributed by atoms with Crippen LogP contribution in [0.3, 0.4) is 0 Å². The molecule has 2 aromatic carbocycles. The quantitative estimate of drug-likeness (QED) is 0.365. The number of nitrogens with zero attached hydrogens (tertiary/aromatic N) is 2. The van der Waals surface area contributed by atoms with E-state index in [-0.39, 0.29) is 29.1 Å². The molecule has 3 fully saturated rings. The summed E-state index contributed by atoms with van der Waals surface area (Å²) in [6, 6.07) is 7.21. The van der Waals surface area contributed by atoms with E-state index >= 15 is 13.2 Å².